The first kappa shape index (κ1) is 17.6. The van der Waals surface area contributed by atoms with E-state index >= 15 is 0 Å². The first-order chi connectivity index (χ1) is 12.5. The molecule has 0 aliphatic carbocycles. The van der Waals surface area contributed by atoms with Crippen molar-refractivity contribution in [3.05, 3.63) is 69.6 Å². The molecule has 0 saturated heterocycles. The van der Waals surface area contributed by atoms with Crippen molar-refractivity contribution in [2.75, 3.05) is 6.61 Å². The van der Waals surface area contributed by atoms with Gasteiger partial charge in [0, 0.05) is 5.39 Å². The van der Waals surface area contributed by atoms with Crippen LogP contribution < -0.4 is 10.3 Å². The minimum Gasteiger partial charge on any atom is -0.490 e. The number of benzene rings is 2. The summed E-state index contributed by atoms with van der Waals surface area (Å²) in [6, 6.07) is 15.4. The molecule has 1 N–H and O–H groups in total. The third-order valence-corrected chi connectivity index (χ3v) is 4.31. The van der Waals surface area contributed by atoms with Gasteiger partial charge in [-0.1, -0.05) is 36.4 Å². The monoisotopic (exact) mass is 349 g/mol. The second-order valence-electron chi connectivity index (χ2n) is 6.13. The molecule has 1 heterocycles. The molecule has 0 bridgehead atoms. The molecule has 1 aromatic heterocycles. The van der Waals surface area contributed by atoms with Crippen molar-refractivity contribution in [2.45, 2.75) is 26.5 Å². The normalized spacial score (nSPS) is 11.9. The Hall–Kier alpha value is -3.17. The smallest absolute Gasteiger partial charge is 0.285 e. The summed E-state index contributed by atoms with van der Waals surface area (Å²) in [6.07, 6.45) is -0.937. The summed E-state index contributed by atoms with van der Waals surface area (Å²) >= 11 is 0. The fourth-order valence-electron chi connectivity index (χ4n) is 2.79. The summed E-state index contributed by atoms with van der Waals surface area (Å²) in [5, 5.41) is 25.6. The molecule has 0 spiro atoms. The quantitative estimate of drug-likeness (QED) is 0.764. The van der Waals surface area contributed by atoms with Crippen LogP contribution in [0.25, 0.3) is 10.8 Å². The lowest BCUT2D eigenvalue weighted by molar-refractivity contribution is 0.0885. The molecule has 0 aliphatic rings. The van der Waals surface area contributed by atoms with E-state index in [1.807, 2.05) is 48.5 Å². The van der Waals surface area contributed by atoms with Crippen molar-refractivity contribution in [3.63, 3.8) is 0 Å². The molecule has 3 rings (SSSR count). The Balaban J connectivity index is 1.76. The molecule has 6 heteroatoms. The average Bonchev–Trinajstić information content (AvgIpc) is 2.65. The summed E-state index contributed by atoms with van der Waals surface area (Å²) in [4.78, 5) is 12.3. The number of rotatable bonds is 5. The zero-order valence-electron chi connectivity index (χ0n) is 14.6. The summed E-state index contributed by atoms with van der Waals surface area (Å²) in [5.41, 5.74) is 0.707. The number of aliphatic hydroxyl groups excluding tert-OH is 1. The van der Waals surface area contributed by atoms with Crippen LogP contribution in [0.15, 0.2) is 47.3 Å². The SMILES string of the molecule is Cc1nn(C[C@H](O)COc2cccc3ccccc23)c(=O)c(C#N)c1C. The third-order valence-electron chi connectivity index (χ3n) is 4.31. The van der Waals surface area contributed by atoms with E-state index in [9.17, 15) is 9.90 Å². The van der Waals surface area contributed by atoms with Crippen LogP contribution >= 0.6 is 0 Å². The van der Waals surface area contributed by atoms with Gasteiger partial charge in [0.05, 0.1) is 12.2 Å². The summed E-state index contributed by atoms with van der Waals surface area (Å²) in [6.45, 7) is 3.38. The van der Waals surface area contributed by atoms with Gasteiger partial charge in [0.1, 0.15) is 30.1 Å². The van der Waals surface area contributed by atoms with Gasteiger partial charge in [-0.05, 0) is 30.9 Å². The van der Waals surface area contributed by atoms with E-state index in [1.165, 1.54) is 0 Å². The van der Waals surface area contributed by atoms with Crippen LogP contribution in [0.4, 0.5) is 0 Å². The molecular formula is C20H19N3O3. The Morgan fingerprint density at radius 1 is 1.23 bits per heavy atom. The van der Waals surface area contributed by atoms with E-state index in [1.54, 1.807) is 13.8 Å². The largest absolute Gasteiger partial charge is 0.490 e. The highest BCUT2D eigenvalue weighted by Crippen LogP contribution is 2.25. The Labute approximate surface area is 150 Å². The van der Waals surface area contributed by atoms with Gasteiger partial charge in [0.25, 0.3) is 5.56 Å². The highest BCUT2D eigenvalue weighted by atomic mass is 16.5. The molecule has 0 saturated carbocycles. The van der Waals surface area contributed by atoms with E-state index in [0.29, 0.717) is 17.0 Å². The predicted molar refractivity (Wildman–Crippen MR) is 98.1 cm³/mol. The first-order valence-electron chi connectivity index (χ1n) is 8.28. The predicted octanol–water partition coefficient (Wildman–Crippen LogP) is 2.32. The van der Waals surface area contributed by atoms with Gasteiger partial charge in [-0.3, -0.25) is 4.79 Å². The van der Waals surface area contributed by atoms with Crippen LogP contribution in [0.3, 0.4) is 0 Å². The van der Waals surface area contributed by atoms with Crippen molar-refractivity contribution in [1.82, 2.24) is 9.78 Å². The van der Waals surface area contributed by atoms with Crippen molar-refractivity contribution < 1.29 is 9.84 Å². The zero-order chi connectivity index (χ0) is 18.7. The fourth-order valence-corrected chi connectivity index (χ4v) is 2.79. The molecule has 6 nitrogen and oxygen atoms in total. The van der Waals surface area contributed by atoms with Crippen molar-refractivity contribution >= 4 is 10.8 Å². The number of ether oxygens (including phenoxy) is 1. The second kappa shape index (κ2) is 7.38. The Morgan fingerprint density at radius 2 is 1.96 bits per heavy atom. The van der Waals surface area contributed by atoms with Crippen molar-refractivity contribution in [2.24, 2.45) is 0 Å². The standard InChI is InChI=1S/C20H19N3O3/c1-13-14(2)22-23(20(25)18(13)10-21)11-16(24)12-26-19-9-5-7-15-6-3-4-8-17(15)19/h3-9,16,24H,11-12H2,1-2H3/t16-/m0/s1. The third kappa shape index (κ3) is 3.44. The van der Waals surface area contributed by atoms with E-state index < -0.39 is 11.7 Å². The minimum atomic E-state index is -0.937. The Bertz CT molecular complexity index is 1050. The lowest BCUT2D eigenvalue weighted by Crippen LogP contribution is -2.34. The molecule has 0 unspecified atom stereocenters. The van der Waals surface area contributed by atoms with E-state index in [2.05, 4.69) is 5.10 Å². The minimum absolute atomic E-state index is 0.0109. The van der Waals surface area contributed by atoms with Crippen LogP contribution in [0.1, 0.15) is 16.8 Å². The highest BCUT2D eigenvalue weighted by Gasteiger charge is 2.15. The average molecular weight is 349 g/mol. The van der Waals surface area contributed by atoms with Gasteiger partial charge >= 0.3 is 0 Å². The Morgan fingerprint density at radius 3 is 2.73 bits per heavy atom. The molecule has 1 atom stereocenters. The van der Waals surface area contributed by atoms with Gasteiger partial charge in [-0.2, -0.15) is 10.4 Å². The summed E-state index contributed by atoms with van der Waals surface area (Å²) < 4.78 is 6.87. The van der Waals surface area contributed by atoms with E-state index in [-0.39, 0.29) is 18.7 Å². The van der Waals surface area contributed by atoms with Crippen LogP contribution in [0.5, 0.6) is 5.75 Å². The van der Waals surface area contributed by atoms with Crippen molar-refractivity contribution in [1.29, 1.82) is 5.26 Å². The maximum atomic E-state index is 12.3. The molecular weight excluding hydrogens is 330 g/mol. The molecule has 0 aliphatic heterocycles. The number of aromatic nitrogens is 2. The highest BCUT2D eigenvalue weighted by molar-refractivity contribution is 5.88. The van der Waals surface area contributed by atoms with Crippen LogP contribution in [0, 0.1) is 25.2 Å². The second-order valence-corrected chi connectivity index (χ2v) is 6.13. The van der Waals surface area contributed by atoms with Crippen LogP contribution in [0.2, 0.25) is 0 Å². The van der Waals surface area contributed by atoms with Gasteiger partial charge in [0.15, 0.2) is 0 Å². The number of nitrogens with zero attached hydrogens (tertiary/aromatic N) is 3. The van der Waals surface area contributed by atoms with E-state index in [4.69, 9.17) is 10.00 Å². The molecule has 26 heavy (non-hydrogen) atoms. The Kier molecular flexibility index (Phi) is 5.01. The molecule has 0 radical (unpaired) electrons. The zero-order valence-corrected chi connectivity index (χ0v) is 14.6. The number of fused-ring (bicyclic) bond motifs is 1. The lowest BCUT2D eigenvalue weighted by Gasteiger charge is -2.15. The van der Waals surface area contributed by atoms with Crippen LogP contribution in [-0.4, -0.2) is 27.6 Å². The lowest BCUT2D eigenvalue weighted by atomic mass is 10.1. The maximum Gasteiger partial charge on any atom is 0.285 e. The molecule has 0 amide bonds. The van der Waals surface area contributed by atoms with Crippen LogP contribution in [-0.2, 0) is 6.54 Å². The number of hydrogen-bond donors (Lipinski definition) is 1. The fraction of sp³-hybridized carbons (Fsp3) is 0.250. The number of aryl methyl sites for hydroxylation is 1. The number of aliphatic hydroxyl groups is 1. The molecule has 132 valence electrons. The molecule has 0 fully saturated rings. The van der Waals surface area contributed by atoms with Gasteiger partial charge < -0.3 is 9.84 Å². The van der Waals surface area contributed by atoms with Gasteiger partial charge in [0.2, 0.25) is 0 Å². The molecule has 3 aromatic rings. The maximum absolute atomic E-state index is 12.3. The first-order valence-corrected chi connectivity index (χ1v) is 8.28. The van der Waals surface area contributed by atoms with E-state index in [0.717, 1.165) is 15.5 Å². The van der Waals surface area contributed by atoms with Gasteiger partial charge in [-0.15, -0.1) is 0 Å². The topological polar surface area (TPSA) is 88.1 Å². The number of nitriles is 1. The number of hydrogen-bond acceptors (Lipinski definition) is 5. The van der Waals surface area contributed by atoms with Crippen molar-refractivity contribution in [3.8, 4) is 11.8 Å². The summed E-state index contributed by atoms with van der Waals surface area (Å²) in [7, 11) is 0. The van der Waals surface area contributed by atoms with Gasteiger partial charge in [-0.25, -0.2) is 4.68 Å². The molecule has 2 aromatic carbocycles. The summed E-state index contributed by atoms with van der Waals surface area (Å²) in [5.74, 6) is 0.667.